The predicted molar refractivity (Wildman–Crippen MR) is 65.4 cm³/mol. The fraction of sp³-hybridized carbons (Fsp3) is 0.538. The van der Waals surface area contributed by atoms with E-state index in [1.54, 1.807) is 7.11 Å². The van der Waals surface area contributed by atoms with Crippen molar-refractivity contribution in [2.75, 3.05) is 38.3 Å². The summed E-state index contributed by atoms with van der Waals surface area (Å²) in [6.45, 7) is 5.66. The van der Waals surface area contributed by atoms with Gasteiger partial charge in [-0.25, -0.2) is 0 Å². The lowest BCUT2D eigenvalue weighted by molar-refractivity contribution is 0.122. The zero-order chi connectivity index (χ0) is 11.4. The maximum absolute atomic E-state index is 5.46. The maximum atomic E-state index is 5.46. The van der Waals surface area contributed by atoms with Crippen molar-refractivity contribution < 1.29 is 9.47 Å². The molecule has 1 aromatic carbocycles. The van der Waals surface area contributed by atoms with Crippen molar-refractivity contribution in [3.63, 3.8) is 0 Å². The van der Waals surface area contributed by atoms with Crippen LogP contribution in [-0.2, 0) is 11.2 Å². The SMILES string of the molecule is CCc1ccc(N2CCOCC2)c(OC)c1. The van der Waals surface area contributed by atoms with Crippen LogP contribution in [-0.4, -0.2) is 33.4 Å². The van der Waals surface area contributed by atoms with Crippen LogP contribution in [0.3, 0.4) is 0 Å². The molecule has 88 valence electrons. The summed E-state index contributed by atoms with van der Waals surface area (Å²) in [6, 6.07) is 6.46. The van der Waals surface area contributed by atoms with Crippen molar-refractivity contribution in [1.82, 2.24) is 0 Å². The van der Waals surface area contributed by atoms with Gasteiger partial charge in [-0.05, 0) is 24.1 Å². The van der Waals surface area contributed by atoms with Gasteiger partial charge < -0.3 is 14.4 Å². The second-order valence-electron chi connectivity index (χ2n) is 3.96. The van der Waals surface area contributed by atoms with Crippen LogP contribution < -0.4 is 9.64 Å². The molecule has 1 saturated heterocycles. The molecule has 1 aliphatic rings. The van der Waals surface area contributed by atoms with Crippen LogP contribution in [0.15, 0.2) is 18.2 Å². The number of ether oxygens (including phenoxy) is 2. The summed E-state index contributed by atoms with van der Waals surface area (Å²) in [4.78, 5) is 2.32. The van der Waals surface area contributed by atoms with Gasteiger partial charge in [0.25, 0.3) is 0 Å². The van der Waals surface area contributed by atoms with Gasteiger partial charge in [-0.3, -0.25) is 0 Å². The van der Waals surface area contributed by atoms with Gasteiger partial charge in [-0.15, -0.1) is 0 Å². The molecule has 0 saturated carbocycles. The van der Waals surface area contributed by atoms with Gasteiger partial charge in [0, 0.05) is 13.1 Å². The molecule has 0 atom stereocenters. The van der Waals surface area contributed by atoms with E-state index in [0.29, 0.717) is 0 Å². The largest absolute Gasteiger partial charge is 0.495 e. The highest BCUT2D eigenvalue weighted by Gasteiger charge is 2.15. The number of benzene rings is 1. The average molecular weight is 221 g/mol. The lowest BCUT2D eigenvalue weighted by Gasteiger charge is -2.30. The van der Waals surface area contributed by atoms with Crippen molar-refractivity contribution >= 4 is 5.69 Å². The van der Waals surface area contributed by atoms with Crippen molar-refractivity contribution in [3.8, 4) is 5.75 Å². The van der Waals surface area contributed by atoms with E-state index in [4.69, 9.17) is 9.47 Å². The third kappa shape index (κ3) is 2.30. The van der Waals surface area contributed by atoms with E-state index in [2.05, 4.69) is 30.0 Å². The fourth-order valence-electron chi connectivity index (χ4n) is 2.01. The Bertz CT molecular complexity index is 346. The Morgan fingerprint density at radius 1 is 1.31 bits per heavy atom. The van der Waals surface area contributed by atoms with E-state index in [0.717, 1.165) is 38.5 Å². The molecular formula is C13H19NO2. The normalized spacial score (nSPS) is 16.2. The zero-order valence-electron chi connectivity index (χ0n) is 10.0. The number of hydrogen-bond acceptors (Lipinski definition) is 3. The Hall–Kier alpha value is -1.22. The highest BCUT2D eigenvalue weighted by Crippen LogP contribution is 2.29. The Morgan fingerprint density at radius 2 is 2.06 bits per heavy atom. The van der Waals surface area contributed by atoms with Gasteiger partial charge in [0.1, 0.15) is 5.75 Å². The first kappa shape index (κ1) is 11.3. The molecule has 0 unspecified atom stereocenters. The van der Waals surface area contributed by atoms with Gasteiger partial charge in [-0.2, -0.15) is 0 Å². The third-order valence-electron chi connectivity index (χ3n) is 3.00. The molecule has 3 nitrogen and oxygen atoms in total. The molecule has 16 heavy (non-hydrogen) atoms. The van der Waals surface area contributed by atoms with E-state index < -0.39 is 0 Å². The molecule has 0 aromatic heterocycles. The Labute approximate surface area is 97.0 Å². The summed E-state index contributed by atoms with van der Waals surface area (Å²) in [7, 11) is 1.73. The lowest BCUT2D eigenvalue weighted by atomic mass is 10.1. The second-order valence-corrected chi connectivity index (χ2v) is 3.96. The smallest absolute Gasteiger partial charge is 0.142 e. The standard InChI is InChI=1S/C13H19NO2/c1-3-11-4-5-12(13(10-11)15-2)14-6-8-16-9-7-14/h4-5,10H,3,6-9H2,1-2H3. The summed E-state index contributed by atoms with van der Waals surface area (Å²) in [6.07, 6.45) is 1.04. The highest BCUT2D eigenvalue weighted by molar-refractivity contribution is 5.60. The minimum absolute atomic E-state index is 0.804. The number of methoxy groups -OCH3 is 1. The molecule has 1 aromatic rings. The van der Waals surface area contributed by atoms with E-state index in [1.807, 2.05) is 0 Å². The molecule has 0 N–H and O–H groups in total. The highest BCUT2D eigenvalue weighted by atomic mass is 16.5. The summed E-state index contributed by atoms with van der Waals surface area (Å²) in [5.74, 6) is 0.973. The fourth-order valence-corrected chi connectivity index (χ4v) is 2.01. The molecule has 1 fully saturated rings. The monoisotopic (exact) mass is 221 g/mol. The Kier molecular flexibility index (Phi) is 3.67. The topological polar surface area (TPSA) is 21.7 Å². The molecule has 0 radical (unpaired) electrons. The molecular weight excluding hydrogens is 202 g/mol. The van der Waals surface area contributed by atoms with Gasteiger partial charge in [-0.1, -0.05) is 13.0 Å². The summed E-state index contributed by atoms with van der Waals surface area (Å²) in [5.41, 5.74) is 2.50. The van der Waals surface area contributed by atoms with E-state index in [1.165, 1.54) is 11.3 Å². The van der Waals surface area contributed by atoms with Crippen molar-refractivity contribution in [2.45, 2.75) is 13.3 Å². The number of morpholine rings is 1. The van der Waals surface area contributed by atoms with Crippen LogP contribution in [0, 0.1) is 0 Å². The molecule has 1 heterocycles. The first-order valence-corrected chi connectivity index (χ1v) is 5.84. The van der Waals surface area contributed by atoms with E-state index in [9.17, 15) is 0 Å². The van der Waals surface area contributed by atoms with Crippen LogP contribution in [0.5, 0.6) is 5.75 Å². The number of aryl methyl sites for hydroxylation is 1. The first-order valence-electron chi connectivity index (χ1n) is 5.84. The summed E-state index contributed by atoms with van der Waals surface area (Å²) < 4.78 is 10.8. The third-order valence-corrected chi connectivity index (χ3v) is 3.00. The number of anilines is 1. The second kappa shape index (κ2) is 5.21. The van der Waals surface area contributed by atoms with E-state index >= 15 is 0 Å². The van der Waals surface area contributed by atoms with Crippen molar-refractivity contribution in [1.29, 1.82) is 0 Å². The van der Waals surface area contributed by atoms with Crippen LogP contribution in [0.2, 0.25) is 0 Å². The van der Waals surface area contributed by atoms with Gasteiger partial charge in [0.15, 0.2) is 0 Å². The molecule has 2 rings (SSSR count). The van der Waals surface area contributed by atoms with E-state index in [-0.39, 0.29) is 0 Å². The predicted octanol–water partition coefficient (Wildman–Crippen LogP) is 2.09. The lowest BCUT2D eigenvalue weighted by Crippen LogP contribution is -2.36. The number of rotatable bonds is 3. The quantitative estimate of drug-likeness (QED) is 0.780. The molecule has 0 bridgehead atoms. The summed E-state index contributed by atoms with van der Waals surface area (Å²) in [5, 5.41) is 0. The van der Waals surface area contributed by atoms with Crippen LogP contribution in [0.25, 0.3) is 0 Å². The molecule has 0 amide bonds. The van der Waals surface area contributed by atoms with Crippen molar-refractivity contribution in [2.24, 2.45) is 0 Å². The maximum Gasteiger partial charge on any atom is 0.142 e. The number of nitrogens with zero attached hydrogens (tertiary/aromatic N) is 1. The minimum Gasteiger partial charge on any atom is -0.495 e. The van der Waals surface area contributed by atoms with Gasteiger partial charge in [0.2, 0.25) is 0 Å². The Morgan fingerprint density at radius 3 is 2.69 bits per heavy atom. The van der Waals surface area contributed by atoms with Crippen LogP contribution in [0.4, 0.5) is 5.69 Å². The Balaban J connectivity index is 2.24. The average Bonchev–Trinajstić information content (AvgIpc) is 2.39. The zero-order valence-corrected chi connectivity index (χ0v) is 10.0. The minimum atomic E-state index is 0.804. The summed E-state index contributed by atoms with van der Waals surface area (Å²) >= 11 is 0. The molecule has 0 aliphatic carbocycles. The van der Waals surface area contributed by atoms with Gasteiger partial charge >= 0.3 is 0 Å². The van der Waals surface area contributed by atoms with Crippen LogP contribution in [0.1, 0.15) is 12.5 Å². The molecule has 0 spiro atoms. The van der Waals surface area contributed by atoms with Gasteiger partial charge in [0.05, 0.1) is 26.0 Å². The molecule has 3 heteroatoms. The molecule has 1 aliphatic heterocycles. The van der Waals surface area contributed by atoms with Crippen molar-refractivity contribution in [3.05, 3.63) is 23.8 Å². The number of hydrogen-bond donors (Lipinski definition) is 0. The first-order chi connectivity index (χ1) is 7.85. The van der Waals surface area contributed by atoms with Crippen LogP contribution >= 0.6 is 0 Å².